The minimum Gasteiger partial charge on any atom is -0.302 e. The maximum absolute atomic E-state index is 2.42. The predicted octanol–water partition coefficient (Wildman–Crippen LogP) is 4.49. The van der Waals surface area contributed by atoms with Crippen LogP contribution in [0.3, 0.4) is 0 Å². The van der Waals surface area contributed by atoms with E-state index in [9.17, 15) is 0 Å². The smallest absolute Gasteiger partial charge is 0.0342 e. The molecule has 0 N–H and O–H groups in total. The molecule has 0 aromatic heterocycles. The van der Waals surface area contributed by atoms with Crippen molar-refractivity contribution in [2.45, 2.75) is 51.6 Å². The summed E-state index contributed by atoms with van der Waals surface area (Å²) in [6, 6.07) is 10.3. The quantitative estimate of drug-likeness (QED) is 0.690. The van der Waals surface area contributed by atoms with Gasteiger partial charge in [-0.25, -0.2) is 0 Å². The van der Waals surface area contributed by atoms with Gasteiger partial charge in [-0.15, -0.1) is 0 Å². The Morgan fingerprint density at radius 2 is 1.20 bits per heavy atom. The molecule has 0 aliphatic rings. The molecule has 1 aromatic carbocycles. The summed E-state index contributed by atoms with van der Waals surface area (Å²) in [6.07, 6.45) is 4.88. The predicted molar refractivity (Wildman–Crippen MR) is 89.1 cm³/mol. The fourth-order valence-electron chi connectivity index (χ4n) is 2.97. The largest absolute Gasteiger partial charge is 0.302 e. The van der Waals surface area contributed by atoms with Gasteiger partial charge in [0.2, 0.25) is 0 Å². The van der Waals surface area contributed by atoms with Crippen LogP contribution in [0, 0.1) is 0 Å². The van der Waals surface area contributed by atoms with Crippen LogP contribution >= 0.6 is 0 Å². The Morgan fingerprint density at radius 3 is 1.50 bits per heavy atom. The number of benzene rings is 1. The fourth-order valence-corrected chi connectivity index (χ4v) is 2.97. The molecular weight excluding hydrogens is 244 g/mol. The Bertz CT molecular complexity index is 352. The number of rotatable bonds is 8. The van der Waals surface area contributed by atoms with E-state index >= 15 is 0 Å². The summed E-state index contributed by atoms with van der Waals surface area (Å²) in [5.41, 5.74) is 2.91. The molecule has 2 nitrogen and oxygen atoms in total. The maximum atomic E-state index is 2.42. The standard InChI is InChI=1S/C18H32N2/c1-7-10-17(19(3)4)15-12-9-13-16(14-15)18(11-8-2)20(5)6/h9,12-14,17-18H,7-8,10-11H2,1-6H3. The summed E-state index contributed by atoms with van der Waals surface area (Å²) >= 11 is 0. The van der Waals surface area contributed by atoms with Gasteiger partial charge in [-0.2, -0.15) is 0 Å². The fraction of sp³-hybridized carbons (Fsp3) is 0.667. The van der Waals surface area contributed by atoms with Gasteiger partial charge < -0.3 is 9.80 Å². The molecule has 0 saturated heterocycles. The first kappa shape index (κ1) is 17.2. The highest BCUT2D eigenvalue weighted by molar-refractivity contribution is 5.28. The van der Waals surface area contributed by atoms with Gasteiger partial charge in [-0.05, 0) is 52.2 Å². The van der Waals surface area contributed by atoms with Crippen LogP contribution in [0.1, 0.15) is 62.7 Å². The normalized spacial score (nSPS) is 14.8. The summed E-state index contributed by atoms with van der Waals surface area (Å²) in [5.74, 6) is 0. The Balaban J connectivity index is 3.03. The van der Waals surface area contributed by atoms with E-state index in [-0.39, 0.29) is 0 Å². The van der Waals surface area contributed by atoms with E-state index in [0.717, 1.165) is 0 Å². The number of nitrogens with zero attached hydrogens (tertiary/aromatic N) is 2. The van der Waals surface area contributed by atoms with Crippen molar-refractivity contribution < 1.29 is 0 Å². The first-order valence-corrected chi connectivity index (χ1v) is 7.93. The van der Waals surface area contributed by atoms with E-state index in [1.807, 2.05) is 0 Å². The molecule has 0 heterocycles. The Kier molecular flexibility index (Phi) is 7.25. The average molecular weight is 276 g/mol. The summed E-state index contributed by atoms with van der Waals surface area (Å²) < 4.78 is 0. The van der Waals surface area contributed by atoms with E-state index in [1.54, 1.807) is 0 Å². The lowest BCUT2D eigenvalue weighted by Gasteiger charge is -2.28. The highest BCUT2D eigenvalue weighted by atomic mass is 15.1. The molecule has 0 saturated carbocycles. The zero-order valence-corrected chi connectivity index (χ0v) is 14.2. The van der Waals surface area contributed by atoms with E-state index in [0.29, 0.717) is 12.1 Å². The Labute approximate surface area is 125 Å². The number of hydrogen-bond donors (Lipinski definition) is 0. The third kappa shape index (κ3) is 4.60. The van der Waals surface area contributed by atoms with Crippen LogP contribution in [0.15, 0.2) is 24.3 Å². The zero-order valence-electron chi connectivity index (χ0n) is 14.2. The van der Waals surface area contributed by atoms with Gasteiger partial charge in [0.05, 0.1) is 0 Å². The van der Waals surface area contributed by atoms with Gasteiger partial charge in [0, 0.05) is 12.1 Å². The van der Waals surface area contributed by atoms with Gasteiger partial charge in [-0.1, -0.05) is 51.0 Å². The highest BCUT2D eigenvalue weighted by Gasteiger charge is 2.17. The maximum Gasteiger partial charge on any atom is 0.0342 e. The van der Waals surface area contributed by atoms with Crippen molar-refractivity contribution in [2.75, 3.05) is 28.2 Å². The molecule has 0 aliphatic heterocycles. The van der Waals surface area contributed by atoms with Crippen molar-refractivity contribution in [1.29, 1.82) is 0 Å². The molecule has 1 aromatic rings. The molecule has 0 aliphatic carbocycles. The van der Waals surface area contributed by atoms with Crippen LogP contribution in [0.25, 0.3) is 0 Å². The van der Waals surface area contributed by atoms with Gasteiger partial charge in [0.15, 0.2) is 0 Å². The van der Waals surface area contributed by atoms with E-state index in [1.165, 1.54) is 36.8 Å². The average Bonchev–Trinajstić information content (AvgIpc) is 2.41. The van der Waals surface area contributed by atoms with Crippen molar-refractivity contribution in [2.24, 2.45) is 0 Å². The van der Waals surface area contributed by atoms with Crippen molar-refractivity contribution in [3.8, 4) is 0 Å². The molecular formula is C18H32N2. The van der Waals surface area contributed by atoms with Gasteiger partial charge in [0.1, 0.15) is 0 Å². The van der Waals surface area contributed by atoms with Crippen LogP contribution in [0.5, 0.6) is 0 Å². The van der Waals surface area contributed by atoms with E-state index in [2.05, 4.69) is 76.1 Å². The lowest BCUT2D eigenvalue weighted by atomic mass is 9.94. The molecule has 2 atom stereocenters. The van der Waals surface area contributed by atoms with Crippen molar-refractivity contribution >= 4 is 0 Å². The van der Waals surface area contributed by atoms with Gasteiger partial charge in [0.25, 0.3) is 0 Å². The molecule has 0 bridgehead atoms. The molecule has 0 radical (unpaired) electrons. The first-order valence-electron chi connectivity index (χ1n) is 7.93. The lowest BCUT2D eigenvalue weighted by molar-refractivity contribution is 0.274. The zero-order chi connectivity index (χ0) is 15.1. The molecule has 0 fully saturated rings. The van der Waals surface area contributed by atoms with Crippen LogP contribution in [-0.2, 0) is 0 Å². The molecule has 2 heteroatoms. The van der Waals surface area contributed by atoms with Crippen LogP contribution in [0.4, 0.5) is 0 Å². The molecule has 0 amide bonds. The second-order valence-electron chi connectivity index (χ2n) is 6.21. The molecule has 20 heavy (non-hydrogen) atoms. The Hall–Kier alpha value is -0.860. The molecule has 2 unspecified atom stereocenters. The van der Waals surface area contributed by atoms with Crippen molar-refractivity contribution in [1.82, 2.24) is 9.80 Å². The summed E-state index contributed by atoms with van der Waals surface area (Å²) in [7, 11) is 8.73. The van der Waals surface area contributed by atoms with Gasteiger partial charge in [-0.3, -0.25) is 0 Å². The van der Waals surface area contributed by atoms with Crippen LogP contribution < -0.4 is 0 Å². The number of hydrogen-bond acceptors (Lipinski definition) is 2. The summed E-state index contributed by atoms with van der Waals surface area (Å²) in [5, 5.41) is 0. The highest BCUT2D eigenvalue weighted by Crippen LogP contribution is 2.29. The first-order chi connectivity index (χ1) is 9.51. The van der Waals surface area contributed by atoms with Crippen molar-refractivity contribution in [3.05, 3.63) is 35.4 Å². The van der Waals surface area contributed by atoms with Crippen LogP contribution in [-0.4, -0.2) is 38.0 Å². The van der Waals surface area contributed by atoms with E-state index in [4.69, 9.17) is 0 Å². The van der Waals surface area contributed by atoms with Crippen LogP contribution in [0.2, 0.25) is 0 Å². The third-order valence-electron chi connectivity index (χ3n) is 4.05. The SMILES string of the molecule is CCCC(c1cccc(C(CCC)N(C)C)c1)N(C)C. The minimum atomic E-state index is 0.532. The third-order valence-corrected chi connectivity index (χ3v) is 4.05. The topological polar surface area (TPSA) is 6.48 Å². The Morgan fingerprint density at radius 1 is 0.800 bits per heavy atom. The van der Waals surface area contributed by atoms with E-state index < -0.39 is 0 Å². The molecule has 114 valence electrons. The monoisotopic (exact) mass is 276 g/mol. The van der Waals surface area contributed by atoms with Crippen molar-refractivity contribution in [3.63, 3.8) is 0 Å². The summed E-state index contributed by atoms with van der Waals surface area (Å²) in [4.78, 5) is 4.68. The van der Waals surface area contributed by atoms with Gasteiger partial charge >= 0.3 is 0 Å². The molecule has 0 spiro atoms. The minimum absolute atomic E-state index is 0.532. The molecule has 1 rings (SSSR count). The second kappa shape index (κ2) is 8.43. The summed E-state index contributed by atoms with van der Waals surface area (Å²) in [6.45, 7) is 4.53. The lowest BCUT2D eigenvalue weighted by Crippen LogP contribution is -2.22. The second-order valence-corrected chi connectivity index (χ2v) is 6.21.